The summed E-state index contributed by atoms with van der Waals surface area (Å²) in [6, 6.07) is 4.77. The van der Waals surface area contributed by atoms with E-state index in [-0.39, 0.29) is 5.82 Å². The van der Waals surface area contributed by atoms with Gasteiger partial charge in [-0.3, -0.25) is 0 Å². The lowest BCUT2D eigenvalue weighted by Crippen LogP contribution is -2.02. The first-order valence-electron chi connectivity index (χ1n) is 5.03. The number of aliphatic hydroxyl groups is 1. The van der Waals surface area contributed by atoms with E-state index in [9.17, 15) is 9.50 Å². The number of benzene rings is 1. The van der Waals surface area contributed by atoms with Crippen molar-refractivity contribution in [2.45, 2.75) is 26.4 Å². The highest BCUT2D eigenvalue weighted by atomic mass is 19.1. The highest BCUT2D eigenvalue weighted by Crippen LogP contribution is 2.46. The van der Waals surface area contributed by atoms with Gasteiger partial charge < -0.3 is 5.11 Å². The van der Waals surface area contributed by atoms with E-state index in [4.69, 9.17) is 0 Å². The van der Waals surface area contributed by atoms with Gasteiger partial charge in [-0.1, -0.05) is 13.0 Å². The summed E-state index contributed by atoms with van der Waals surface area (Å²) in [4.78, 5) is 0. The zero-order valence-corrected chi connectivity index (χ0v) is 8.50. The number of aryl methyl sites for hydroxylation is 1. The van der Waals surface area contributed by atoms with Gasteiger partial charge in [-0.25, -0.2) is 4.39 Å². The fraction of sp³-hybridized carbons (Fsp3) is 0.500. The lowest BCUT2D eigenvalue weighted by molar-refractivity contribution is 0.147. The van der Waals surface area contributed by atoms with Crippen LogP contribution >= 0.6 is 0 Å². The van der Waals surface area contributed by atoms with Crippen molar-refractivity contribution in [1.82, 2.24) is 0 Å². The van der Waals surface area contributed by atoms with Crippen molar-refractivity contribution < 1.29 is 9.50 Å². The third-order valence-corrected chi connectivity index (χ3v) is 2.98. The highest BCUT2D eigenvalue weighted by Gasteiger charge is 2.39. The maximum absolute atomic E-state index is 13.1. The van der Waals surface area contributed by atoms with Gasteiger partial charge in [0.1, 0.15) is 5.82 Å². The minimum absolute atomic E-state index is 0.257. The van der Waals surface area contributed by atoms with Crippen LogP contribution in [-0.4, -0.2) is 5.11 Å². The third-order valence-electron chi connectivity index (χ3n) is 2.98. The van der Waals surface area contributed by atoms with Gasteiger partial charge in [0.25, 0.3) is 0 Å². The molecule has 1 aliphatic carbocycles. The van der Waals surface area contributed by atoms with Crippen molar-refractivity contribution in [2.75, 3.05) is 0 Å². The van der Waals surface area contributed by atoms with E-state index in [1.807, 2.05) is 13.0 Å². The van der Waals surface area contributed by atoms with Crippen LogP contribution < -0.4 is 0 Å². The van der Waals surface area contributed by atoms with Gasteiger partial charge in [0.15, 0.2) is 0 Å². The zero-order chi connectivity index (χ0) is 10.3. The van der Waals surface area contributed by atoms with Crippen molar-refractivity contribution in [3.8, 4) is 0 Å². The van der Waals surface area contributed by atoms with Crippen LogP contribution in [0.2, 0.25) is 0 Å². The second-order valence-electron chi connectivity index (χ2n) is 4.38. The second-order valence-corrected chi connectivity index (χ2v) is 4.38. The van der Waals surface area contributed by atoms with E-state index in [0.717, 1.165) is 17.5 Å². The average molecular weight is 194 g/mol. The van der Waals surface area contributed by atoms with E-state index >= 15 is 0 Å². The van der Waals surface area contributed by atoms with E-state index in [0.29, 0.717) is 11.8 Å². The Morgan fingerprint density at radius 1 is 1.43 bits per heavy atom. The minimum Gasteiger partial charge on any atom is -0.388 e. The molecule has 1 fully saturated rings. The topological polar surface area (TPSA) is 20.2 Å². The second kappa shape index (κ2) is 3.35. The maximum Gasteiger partial charge on any atom is 0.123 e. The summed E-state index contributed by atoms with van der Waals surface area (Å²) in [6.07, 6.45) is 0.566. The number of aliphatic hydroxyl groups excluding tert-OH is 1. The molecule has 0 heterocycles. The monoisotopic (exact) mass is 194 g/mol. The van der Waals surface area contributed by atoms with Crippen molar-refractivity contribution >= 4 is 0 Å². The molecule has 1 aliphatic rings. The Labute approximate surface area is 83.6 Å². The molecule has 0 spiro atoms. The Bertz CT molecular complexity index is 328. The van der Waals surface area contributed by atoms with Crippen molar-refractivity contribution in [3.05, 3.63) is 35.1 Å². The Balaban J connectivity index is 2.23. The average Bonchev–Trinajstić information content (AvgIpc) is 2.79. The lowest BCUT2D eigenvalue weighted by atomic mass is 10.0. The fourth-order valence-electron chi connectivity index (χ4n) is 1.97. The summed E-state index contributed by atoms with van der Waals surface area (Å²) < 4.78 is 13.1. The molecule has 1 saturated carbocycles. The zero-order valence-electron chi connectivity index (χ0n) is 8.50. The van der Waals surface area contributed by atoms with Gasteiger partial charge >= 0.3 is 0 Å². The molecule has 14 heavy (non-hydrogen) atoms. The predicted molar refractivity (Wildman–Crippen MR) is 53.4 cm³/mol. The molecule has 0 amide bonds. The van der Waals surface area contributed by atoms with Gasteiger partial charge in [0.2, 0.25) is 0 Å². The molecule has 1 aromatic carbocycles. The fourth-order valence-corrected chi connectivity index (χ4v) is 1.97. The molecule has 0 saturated heterocycles. The van der Waals surface area contributed by atoms with Crippen LogP contribution in [0, 0.1) is 24.6 Å². The molecule has 76 valence electrons. The highest BCUT2D eigenvalue weighted by molar-refractivity contribution is 5.26. The first kappa shape index (κ1) is 9.66. The minimum atomic E-state index is -0.487. The molecule has 2 rings (SSSR count). The van der Waals surface area contributed by atoms with Gasteiger partial charge in [0.05, 0.1) is 6.10 Å². The summed E-state index contributed by atoms with van der Waals surface area (Å²) in [6.45, 7) is 3.95. The van der Waals surface area contributed by atoms with Crippen LogP contribution in [-0.2, 0) is 0 Å². The van der Waals surface area contributed by atoms with Crippen LogP contribution in [0.5, 0.6) is 0 Å². The normalized spacial score (nSPS) is 27.4. The molecule has 2 heteroatoms. The van der Waals surface area contributed by atoms with Crippen LogP contribution in [0.1, 0.15) is 30.6 Å². The molecular weight excluding hydrogens is 179 g/mol. The molecule has 0 bridgehead atoms. The first-order valence-corrected chi connectivity index (χ1v) is 5.03. The van der Waals surface area contributed by atoms with Crippen LogP contribution in [0.15, 0.2) is 18.2 Å². The number of hydrogen-bond donors (Lipinski definition) is 1. The molecule has 1 N–H and O–H groups in total. The molecule has 1 aromatic rings. The maximum atomic E-state index is 13.1. The van der Waals surface area contributed by atoms with Crippen LogP contribution in [0.3, 0.4) is 0 Å². The summed E-state index contributed by atoms with van der Waals surface area (Å²) in [7, 11) is 0. The van der Waals surface area contributed by atoms with E-state index < -0.39 is 6.10 Å². The Kier molecular flexibility index (Phi) is 2.31. The smallest absolute Gasteiger partial charge is 0.123 e. The summed E-state index contributed by atoms with van der Waals surface area (Å²) in [5.74, 6) is 0.650. The number of rotatable bonds is 2. The SMILES string of the molecule is Cc1cc(F)cc(C(O)C2CC2C)c1. The largest absolute Gasteiger partial charge is 0.388 e. The van der Waals surface area contributed by atoms with Gasteiger partial charge in [-0.2, -0.15) is 0 Å². The molecule has 0 aliphatic heterocycles. The standard InChI is InChI=1S/C12H15FO/c1-7-3-9(6-10(13)4-7)12(14)11-5-8(11)2/h3-4,6,8,11-12,14H,5H2,1-2H3. The van der Waals surface area contributed by atoms with Crippen LogP contribution in [0.4, 0.5) is 4.39 Å². The molecule has 3 unspecified atom stereocenters. The Morgan fingerprint density at radius 3 is 2.57 bits per heavy atom. The van der Waals surface area contributed by atoms with Gasteiger partial charge in [-0.05, 0) is 48.4 Å². The molecule has 0 radical (unpaired) electrons. The number of halogens is 1. The van der Waals surface area contributed by atoms with Crippen molar-refractivity contribution in [2.24, 2.45) is 11.8 Å². The summed E-state index contributed by atoms with van der Waals surface area (Å²) >= 11 is 0. The van der Waals surface area contributed by atoms with Crippen molar-refractivity contribution in [1.29, 1.82) is 0 Å². The molecular formula is C12H15FO. The first-order chi connectivity index (χ1) is 6.58. The summed E-state index contributed by atoms with van der Waals surface area (Å²) in [5.41, 5.74) is 1.59. The van der Waals surface area contributed by atoms with Gasteiger partial charge in [-0.15, -0.1) is 0 Å². The number of hydrogen-bond acceptors (Lipinski definition) is 1. The van der Waals surface area contributed by atoms with E-state index in [2.05, 4.69) is 6.92 Å². The summed E-state index contributed by atoms with van der Waals surface area (Å²) in [5, 5.41) is 9.91. The van der Waals surface area contributed by atoms with E-state index in [1.54, 1.807) is 0 Å². The molecule has 3 atom stereocenters. The van der Waals surface area contributed by atoms with Gasteiger partial charge in [0, 0.05) is 0 Å². The predicted octanol–water partition coefficient (Wildman–Crippen LogP) is 2.82. The lowest BCUT2D eigenvalue weighted by Gasteiger charge is -2.11. The molecule has 1 nitrogen and oxygen atoms in total. The van der Waals surface area contributed by atoms with Crippen LogP contribution in [0.25, 0.3) is 0 Å². The molecule has 0 aromatic heterocycles. The van der Waals surface area contributed by atoms with Crippen molar-refractivity contribution in [3.63, 3.8) is 0 Å². The quantitative estimate of drug-likeness (QED) is 0.767. The van der Waals surface area contributed by atoms with E-state index in [1.165, 1.54) is 12.1 Å². The third kappa shape index (κ3) is 1.80. The Morgan fingerprint density at radius 2 is 2.07 bits per heavy atom. The Hall–Kier alpha value is -0.890.